The van der Waals surface area contributed by atoms with Gasteiger partial charge in [0, 0.05) is 0 Å². The van der Waals surface area contributed by atoms with Crippen molar-refractivity contribution >= 4 is 0 Å². The van der Waals surface area contributed by atoms with E-state index in [4.69, 9.17) is 5.53 Å². The van der Waals surface area contributed by atoms with Gasteiger partial charge < -0.3 is 0 Å². The minimum Gasteiger partial charge on any atom is -0.209 e. The van der Waals surface area contributed by atoms with Crippen LogP contribution in [0.3, 0.4) is 0 Å². The van der Waals surface area contributed by atoms with Crippen LogP contribution in [-0.2, 0) is 0 Å². The molecular formula is C10H18N2. The van der Waals surface area contributed by atoms with Crippen molar-refractivity contribution < 1.29 is 0 Å². The molecule has 0 heterocycles. The fraction of sp³-hybridized carbons (Fsp3) is 1.00. The molecule has 2 bridgehead atoms. The second kappa shape index (κ2) is 2.09. The maximum atomic E-state index is 7.25. The molecule has 0 spiro atoms. The summed E-state index contributed by atoms with van der Waals surface area (Å²) in [5, 5.41) is 3.84. The number of fused-ring (bicyclic) bond motifs is 2. The monoisotopic (exact) mass is 166 g/mol. The van der Waals surface area contributed by atoms with Crippen molar-refractivity contribution in [2.45, 2.75) is 45.6 Å². The van der Waals surface area contributed by atoms with Crippen LogP contribution in [0.2, 0.25) is 0 Å². The smallest absolute Gasteiger partial charge is 0.0818 e. The van der Waals surface area contributed by atoms with E-state index in [-0.39, 0.29) is 5.54 Å². The summed E-state index contributed by atoms with van der Waals surface area (Å²) < 4.78 is 0. The van der Waals surface area contributed by atoms with E-state index in [0.717, 1.165) is 12.3 Å². The Morgan fingerprint density at radius 1 is 1.33 bits per heavy atom. The molecule has 3 aliphatic carbocycles. The van der Waals surface area contributed by atoms with Crippen LogP contribution < -0.4 is 0 Å². The molecule has 3 atom stereocenters. The fourth-order valence-corrected chi connectivity index (χ4v) is 3.34. The van der Waals surface area contributed by atoms with Crippen LogP contribution in [0.15, 0.2) is 5.11 Å². The average Bonchev–Trinajstić information content (AvgIpc) is 2.04. The van der Waals surface area contributed by atoms with Gasteiger partial charge in [-0.25, -0.2) is 5.53 Å². The van der Waals surface area contributed by atoms with Crippen LogP contribution >= 0.6 is 0 Å². The summed E-state index contributed by atoms with van der Waals surface area (Å²) in [4.78, 5) is 0. The maximum Gasteiger partial charge on any atom is 0.0818 e. The third-order valence-electron chi connectivity index (χ3n) is 4.48. The Balaban J connectivity index is 2.27. The van der Waals surface area contributed by atoms with Gasteiger partial charge in [-0.15, -0.1) is 0 Å². The van der Waals surface area contributed by atoms with Gasteiger partial charge in [-0.3, -0.25) is 0 Å². The molecular weight excluding hydrogens is 148 g/mol. The third kappa shape index (κ3) is 0.758. The van der Waals surface area contributed by atoms with Crippen molar-refractivity contribution in [3.8, 4) is 0 Å². The van der Waals surface area contributed by atoms with E-state index < -0.39 is 0 Å². The summed E-state index contributed by atoms with van der Waals surface area (Å²) in [6, 6.07) is 0. The molecule has 0 aromatic rings. The topological polar surface area (TPSA) is 36.2 Å². The Morgan fingerprint density at radius 3 is 2.33 bits per heavy atom. The van der Waals surface area contributed by atoms with E-state index in [1.807, 2.05) is 0 Å². The zero-order chi connectivity index (χ0) is 8.98. The highest BCUT2D eigenvalue weighted by Crippen LogP contribution is 2.63. The lowest BCUT2D eigenvalue weighted by molar-refractivity contribution is -0.113. The SMILES string of the molecule is CC1(N=N)CCC2CC1C2(C)C. The van der Waals surface area contributed by atoms with Crippen LogP contribution in [0.4, 0.5) is 0 Å². The summed E-state index contributed by atoms with van der Waals surface area (Å²) >= 11 is 0. The molecule has 12 heavy (non-hydrogen) atoms. The van der Waals surface area contributed by atoms with E-state index >= 15 is 0 Å². The molecule has 0 aromatic heterocycles. The molecule has 0 saturated heterocycles. The van der Waals surface area contributed by atoms with Crippen molar-refractivity contribution in [3.05, 3.63) is 0 Å². The molecule has 3 rings (SSSR count). The summed E-state index contributed by atoms with van der Waals surface area (Å²) in [6.07, 6.45) is 3.73. The predicted octanol–water partition coefficient (Wildman–Crippen LogP) is 3.23. The highest BCUT2D eigenvalue weighted by Gasteiger charge is 2.59. The molecule has 3 aliphatic rings. The molecule has 3 unspecified atom stereocenters. The zero-order valence-electron chi connectivity index (χ0n) is 8.22. The van der Waals surface area contributed by atoms with Gasteiger partial charge in [0.2, 0.25) is 0 Å². The fourth-order valence-electron chi connectivity index (χ4n) is 3.34. The number of hydrogen-bond donors (Lipinski definition) is 1. The first-order valence-corrected chi connectivity index (χ1v) is 4.89. The highest BCUT2D eigenvalue weighted by atomic mass is 15.1. The van der Waals surface area contributed by atoms with Crippen molar-refractivity contribution in [2.75, 3.05) is 0 Å². The van der Waals surface area contributed by atoms with Gasteiger partial charge in [-0.1, -0.05) is 13.8 Å². The van der Waals surface area contributed by atoms with Gasteiger partial charge in [0.25, 0.3) is 0 Å². The summed E-state index contributed by atoms with van der Waals surface area (Å²) in [5.41, 5.74) is 7.68. The lowest BCUT2D eigenvalue weighted by Gasteiger charge is -2.62. The first-order valence-electron chi connectivity index (χ1n) is 4.89. The van der Waals surface area contributed by atoms with E-state index in [1.54, 1.807) is 0 Å². The molecule has 1 N–H and O–H groups in total. The average molecular weight is 166 g/mol. The lowest BCUT2D eigenvalue weighted by Crippen LogP contribution is -2.59. The predicted molar refractivity (Wildman–Crippen MR) is 48.2 cm³/mol. The van der Waals surface area contributed by atoms with Crippen LogP contribution in [0.5, 0.6) is 0 Å². The Morgan fingerprint density at radius 2 is 2.00 bits per heavy atom. The third-order valence-corrected chi connectivity index (χ3v) is 4.48. The first kappa shape index (κ1) is 8.21. The number of nitrogens with zero attached hydrogens (tertiary/aromatic N) is 1. The molecule has 3 saturated carbocycles. The minimum absolute atomic E-state index is 0.0295. The number of hydrogen-bond acceptors (Lipinski definition) is 2. The summed E-state index contributed by atoms with van der Waals surface area (Å²) in [5.74, 6) is 1.58. The highest BCUT2D eigenvalue weighted by molar-refractivity contribution is 5.11. The lowest BCUT2D eigenvalue weighted by atomic mass is 9.44. The first-order chi connectivity index (χ1) is 5.50. The Bertz CT molecular complexity index is 220. The normalized spacial score (nSPS) is 49.6. The van der Waals surface area contributed by atoms with Gasteiger partial charge in [0.1, 0.15) is 0 Å². The van der Waals surface area contributed by atoms with Gasteiger partial charge in [0.15, 0.2) is 0 Å². The largest absolute Gasteiger partial charge is 0.209 e. The van der Waals surface area contributed by atoms with Crippen LogP contribution in [0, 0.1) is 22.8 Å². The molecule has 2 nitrogen and oxygen atoms in total. The molecule has 0 radical (unpaired) electrons. The van der Waals surface area contributed by atoms with Crippen molar-refractivity contribution in [3.63, 3.8) is 0 Å². The maximum absolute atomic E-state index is 7.25. The molecule has 0 aromatic carbocycles. The van der Waals surface area contributed by atoms with Gasteiger partial charge >= 0.3 is 0 Å². The molecule has 0 amide bonds. The zero-order valence-corrected chi connectivity index (χ0v) is 8.22. The standard InChI is InChI=1S/C10H18N2/c1-9(2)7-4-5-10(3,12-11)8(9)6-7/h7-8,11H,4-6H2,1-3H3. The van der Waals surface area contributed by atoms with Crippen molar-refractivity contribution in [2.24, 2.45) is 22.4 Å². The molecule has 0 aliphatic heterocycles. The van der Waals surface area contributed by atoms with E-state index in [2.05, 4.69) is 25.9 Å². The van der Waals surface area contributed by atoms with Gasteiger partial charge in [0.05, 0.1) is 5.54 Å². The molecule has 68 valence electrons. The quantitative estimate of drug-likeness (QED) is 0.581. The van der Waals surface area contributed by atoms with E-state index in [9.17, 15) is 0 Å². The molecule has 3 fully saturated rings. The Kier molecular flexibility index (Phi) is 1.43. The van der Waals surface area contributed by atoms with E-state index in [0.29, 0.717) is 11.3 Å². The summed E-state index contributed by atoms with van der Waals surface area (Å²) in [7, 11) is 0. The second-order valence-electron chi connectivity index (χ2n) is 5.31. The second-order valence-corrected chi connectivity index (χ2v) is 5.31. The van der Waals surface area contributed by atoms with Gasteiger partial charge in [-0.2, -0.15) is 5.11 Å². The molecule has 2 heteroatoms. The number of rotatable bonds is 1. The van der Waals surface area contributed by atoms with Crippen molar-refractivity contribution in [1.29, 1.82) is 5.53 Å². The van der Waals surface area contributed by atoms with Crippen LogP contribution in [-0.4, -0.2) is 5.54 Å². The number of nitrogens with one attached hydrogen (secondary N) is 1. The van der Waals surface area contributed by atoms with Gasteiger partial charge in [-0.05, 0) is 43.4 Å². The van der Waals surface area contributed by atoms with Crippen molar-refractivity contribution in [1.82, 2.24) is 0 Å². The minimum atomic E-state index is -0.0295. The van der Waals surface area contributed by atoms with Crippen LogP contribution in [0.1, 0.15) is 40.0 Å². The van der Waals surface area contributed by atoms with E-state index in [1.165, 1.54) is 12.8 Å². The Labute approximate surface area is 74.2 Å². The van der Waals surface area contributed by atoms with Crippen LogP contribution in [0.25, 0.3) is 0 Å². The Hall–Kier alpha value is -0.400. The summed E-state index contributed by atoms with van der Waals surface area (Å²) in [6.45, 7) is 6.84.